The Morgan fingerprint density at radius 1 is 1.12 bits per heavy atom. The lowest BCUT2D eigenvalue weighted by molar-refractivity contribution is 0.102. The molecule has 0 unspecified atom stereocenters. The zero-order valence-corrected chi connectivity index (χ0v) is 15.5. The molecule has 138 valence electrons. The topological polar surface area (TPSA) is 85.4 Å². The maximum atomic E-state index is 12.5. The van der Waals surface area contributed by atoms with Gasteiger partial charge in [0.25, 0.3) is 5.91 Å². The predicted octanol–water partition coefficient (Wildman–Crippen LogP) is 3.75. The molecule has 1 heterocycles. The molecule has 0 bridgehead atoms. The highest BCUT2D eigenvalue weighted by Gasteiger charge is 2.17. The van der Waals surface area contributed by atoms with Gasteiger partial charge in [-0.05, 0) is 25.0 Å². The molecule has 0 aliphatic heterocycles. The molecule has 3 rings (SSSR count). The van der Waals surface area contributed by atoms with E-state index in [0.29, 0.717) is 34.1 Å². The van der Waals surface area contributed by atoms with Crippen molar-refractivity contribution < 1.29 is 14.3 Å². The number of carbonyl (C=O) groups is 1. The number of hydrogen-bond donors (Lipinski definition) is 2. The molecule has 1 aromatic heterocycles. The molecule has 1 aliphatic carbocycles. The van der Waals surface area contributed by atoms with E-state index in [2.05, 4.69) is 20.8 Å². The number of nitrogens with zero attached hydrogens (tertiary/aromatic N) is 2. The van der Waals surface area contributed by atoms with Crippen molar-refractivity contribution in [2.75, 3.05) is 24.9 Å². The van der Waals surface area contributed by atoms with Gasteiger partial charge in [-0.25, -0.2) is 0 Å². The van der Waals surface area contributed by atoms with Crippen LogP contribution in [0.2, 0.25) is 5.02 Å². The van der Waals surface area contributed by atoms with E-state index in [1.807, 2.05) is 0 Å². The number of nitrogens with one attached hydrogen (secondary N) is 2. The molecule has 1 saturated carbocycles. The second-order valence-corrected chi connectivity index (χ2v) is 6.48. The van der Waals surface area contributed by atoms with Gasteiger partial charge in [-0.2, -0.15) is 0 Å². The molecule has 0 radical (unpaired) electrons. The zero-order valence-electron chi connectivity index (χ0n) is 14.7. The monoisotopic (exact) mass is 376 g/mol. The Hall–Kier alpha value is -2.54. The van der Waals surface area contributed by atoms with E-state index in [-0.39, 0.29) is 5.69 Å². The molecule has 2 aromatic rings. The van der Waals surface area contributed by atoms with Crippen LogP contribution in [-0.2, 0) is 0 Å². The first kappa shape index (κ1) is 18.3. The standard InChI is InChI=1S/C18H21ClN4O3/c1-25-15-10-14(16(26-2)9-12(15)19)21-18(24)13-7-8-17(23-22-13)20-11-5-3-4-6-11/h7-11H,3-6H2,1-2H3,(H,20,23)(H,21,24). The molecule has 7 nitrogen and oxygen atoms in total. The number of benzene rings is 1. The minimum atomic E-state index is -0.396. The van der Waals surface area contributed by atoms with Crippen LogP contribution in [0.4, 0.5) is 11.5 Å². The normalized spacial score (nSPS) is 14.1. The van der Waals surface area contributed by atoms with Gasteiger partial charge in [0.15, 0.2) is 5.69 Å². The average Bonchev–Trinajstić information content (AvgIpc) is 3.16. The molecule has 8 heteroatoms. The predicted molar refractivity (Wildman–Crippen MR) is 100 cm³/mol. The van der Waals surface area contributed by atoms with Gasteiger partial charge in [0.05, 0.1) is 24.9 Å². The van der Waals surface area contributed by atoms with Gasteiger partial charge in [-0.15, -0.1) is 10.2 Å². The van der Waals surface area contributed by atoms with E-state index in [4.69, 9.17) is 21.1 Å². The molecule has 2 N–H and O–H groups in total. The van der Waals surface area contributed by atoms with Crippen LogP contribution in [0.15, 0.2) is 24.3 Å². The molecule has 26 heavy (non-hydrogen) atoms. The van der Waals surface area contributed by atoms with Gasteiger partial charge >= 0.3 is 0 Å². The molecule has 1 aromatic carbocycles. The lowest BCUT2D eigenvalue weighted by atomic mass is 10.2. The Labute approximate surface area is 157 Å². The van der Waals surface area contributed by atoms with Crippen molar-refractivity contribution in [2.24, 2.45) is 0 Å². The Bertz CT molecular complexity index is 777. The van der Waals surface area contributed by atoms with Gasteiger partial charge < -0.3 is 20.1 Å². The average molecular weight is 377 g/mol. The maximum absolute atomic E-state index is 12.5. The van der Waals surface area contributed by atoms with Crippen molar-refractivity contribution in [1.29, 1.82) is 0 Å². The summed E-state index contributed by atoms with van der Waals surface area (Å²) in [6.45, 7) is 0. The van der Waals surface area contributed by atoms with Crippen molar-refractivity contribution >= 4 is 29.0 Å². The van der Waals surface area contributed by atoms with Crippen molar-refractivity contribution in [1.82, 2.24) is 10.2 Å². The highest BCUT2D eigenvalue weighted by molar-refractivity contribution is 6.32. The van der Waals surface area contributed by atoms with Gasteiger partial charge in [0, 0.05) is 18.2 Å². The minimum absolute atomic E-state index is 0.206. The van der Waals surface area contributed by atoms with E-state index in [0.717, 1.165) is 12.8 Å². The maximum Gasteiger partial charge on any atom is 0.276 e. The molecule has 1 aliphatic rings. The van der Waals surface area contributed by atoms with Crippen LogP contribution in [-0.4, -0.2) is 36.4 Å². The fourth-order valence-electron chi connectivity index (χ4n) is 2.95. The van der Waals surface area contributed by atoms with Crippen LogP contribution in [0.1, 0.15) is 36.2 Å². The number of amides is 1. The van der Waals surface area contributed by atoms with Crippen molar-refractivity contribution in [3.63, 3.8) is 0 Å². The SMILES string of the molecule is COc1cc(NC(=O)c2ccc(NC3CCCC3)nn2)c(OC)cc1Cl. The largest absolute Gasteiger partial charge is 0.495 e. The fourth-order valence-corrected chi connectivity index (χ4v) is 3.18. The summed E-state index contributed by atoms with van der Waals surface area (Å²) in [5.41, 5.74) is 0.645. The smallest absolute Gasteiger partial charge is 0.276 e. The van der Waals surface area contributed by atoms with Gasteiger partial charge in [-0.3, -0.25) is 4.79 Å². The molecule has 0 saturated heterocycles. The Kier molecular flexibility index (Phi) is 5.78. The number of halogens is 1. The molecule has 0 spiro atoms. The highest BCUT2D eigenvalue weighted by atomic mass is 35.5. The van der Waals surface area contributed by atoms with Crippen molar-refractivity contribution in [2.45, 2.75) is 31.7 Å². The number of methoxy groups -OCH3 is 2. The summed E-state index contributed by atoms with van der Waals surface area (Å²) in [5.74, 6) is 1.15. The quantitative estimate of drug-likeness (QED) is 0.798. The van der Waals surface area contributed by atoms with Crippen molar-refractivity contribution in [3.8, 4) is 11.5 Å². The van der Waals surface area contributed by atoms with Crippen molar-refractivity contribution in [3.05, 3.63) is 35.0 Å². The number of hydrogen-bond acceptors (Lipinski definition) is 6. The minimum Gasteiger partial charge on any atom is -0.495 e. The van der Waals surface area contributed by atoms with Gasteiger partial charge in [-0.1, -0.05) is 24.4 Å². The molecule has 1 amide bonds. The zero-order chi connectivity index (χ0) is 18.5. The third-order valence-corrected chi connectivity index (χ3v) is 4.62. The Balaban J connectivity index is 1.71. The first-order valence-electron chi connectivity index (χ1n) is 8.44. The first-order valence-corrected chi connectivity index (χ1v) is 8.81. The number of carbonyl (C=O) groups excluding carboxylic acids is 1. The number of aromatic nitrogens is 2. The van der Waals surface area contributed by atoms with Crippen LogP contribution >= 0.6 is 11.6 Å². The van der Waals surface area contributed by atoms with E-state index in [1.54, 1.807) is 24.3 Å². The molecular formula is C18H21ClN4O3. The van der Waals surface area contributed by atoms with Crippen LogP contribution < -0.4 is 20.1 Å². The summed E-state index contributed by atoms with van der Waals surface area (Å²) in [5, 5.41) is 14.6. The lowest BCUT2D eigenvalue weighted by Gasteiger charge is -2.13. The third kappa shape index (κ3) is 4.16. The molecular weight excluding hydrogens is 356 g/mol. The van der Waals surface area contributed by atoms with Crippen LogP contribution in [0, 0.1) is 0 Å². The van der Waals surface area contributed by atoms with Crippen LogP contribution in [0.25, 0.3) is 0 Å². The summed E-state index contributed by atoms with van der Waals surface area (Å²) in [6, 6.07) is 7.02. The summed E-state index contributed by atoms with van der Waals surface area (Å²) < 4.78 is 10.4. The van der Waals surface area contributed by atoms with E-state index < -0.39 is 5.91 Å². The van der Waals surface area contributed by atoms with Crippen LogP contribution in [0.3, 0.4) is 0 Å². The second-order valence-electron chi connectivity index (χ2n) is 6.07. The number of ether oxygens (including phenoxy) is 2. The molecule has 1 fully saturated rings. The summed E-state index contributed by atoms with van der Waals surface area (Å²) >= 11 is 6.07. The van der Waals surface area contributed by atoms with E-state index >= 15 is 0 Å². The van der Waals surface area contributed by atoms with Gasteiger partial charge in [0.1, 0.15) is 17.3 Å². The highest BCUT2D eigenvalue weighted by Crippen LogP contribution is 2.36. The third-order valence-electron chi connectivity index (χ3n) is 4.33. The Morgan fingerprint density at radius 3 is 2.46 bits per heavy atom. The number of anilines is 2. The summed E-state index contributed by atoms with van der Waals surface area (Å²) in [6.07, 6.45) is 4.75. The fraction of sp³-hybridized carbons (Fsp3) is 0.389. The van der Waals surface area contributed by atoms with E-state index in [9.17, 15) is 4.79 Å². The summed E-state index contributed by atoms with van der Waals surface area (Å²) in [4.78, 5) is 12.5. The van der Waals surface area contributed by atoms with Crippen LogP contribution in [0.5, 0.6) is 11.5 Å². The second kappa shape index (κ2) is 8.23. The summed E-state index contributed by atoms with van der Waals surface area (Å²) in [7, 11) is 3.00. The van der Waals surface area contributed by atoms with E-state index in [1.165, 1.54) is 27.1 Å². The molecule has 0 atom stereocenters. The van der Waals surface area contributed by atoms with Gasteiger partial charge in [0.2, 0.25) is 0 Å². The lowest BCUT2D eigenvalue weighted by Crippen LogP contribution is -2.18. The Morgan fingerprint density at radius 2 is 1.85 bits per heavy atom. The first-order chi connectivity index (χ1) is 12.6. The number of rotatable bonds is 6.